The molecule has 0 spiro atoms. The molecule has 2 atom stereocenters. The van der Waals surface area contributed by atoms with Gasteiger partial charge in [-0.3, -0.25) is 4.90 Å². The summed E-state index contributed by atoms with van der Waals surface area (Å²) >= 11 is 0. The molecule has 1 fully saturated rings. The van der Waals surface area contributed by atoms with Gasteiger partial charge in [-0.15, -0.1) is 0 Å². The number of amides is 2. The number of hydrogen-bond donors (Lipinski definition) is 2. The van der Waals surface area contributed by atoms with Crippen molar-refractivity contribution in [1.82, 2.24) is 9.62 Å². The Kier molecular flexibility index (Phi) is 6.83. The van der Waals surface area contributed by atoms with Gasteiger partial charge in [0.25, 0.3) is 0 Å². The molecule has 1 aliphatic heterocycles. The van der Waals surface area contributed by atoms with E-state index in [1.54, 1.807) is 6.19 Å². The van der Waals surface area contributed by atoms with Crippen molar-refractivity contribution in [3.63, 3.8) is 0 Å². The summed E-state index contributed by atoms with van der Waals surface area (Å²) in [7, 11) is -3.37. The number of urea groups is 1. The second kappa shape index (κ2) is 9.47. The van der Waals surface area contributed by atoms with Crippen molar-refractivity contribution < 1.29 is 9.00 Å². The minimum absolute atomic E-state index is 0.267. The van der Waals surface area contributed by atoms with Crippen LogP contribution in [-0.2, 0) is 35.6 Å². The third-order valence-electron chi connectivity index (χ3n) is 7.16. The molecule has 4 rings (SSSR count). The molecule has 3 aliphatic rings. The van der Waals surface area contributed by atoms with E-state index in [1.807, 2.05) is 6.08 Å². The topological polar surface area (TPSA) is 97.6 Å². The third-order valence-corrected chi connectivity index (χ3v) is 8.49. The third kappa shape index (κ3) is 5.10. The molecule has 7 nitrogen and oxygen atoms in total. The fraction of sp³-hybridized carbons (Fsp3) is 0.600. The van der Waals surface area contributed by atoms with E-state index in [2.05, 4.69) is 46.1 Å². The van der Waals surface area contributed by atoms with Gasteiger partial charge in [0, 0.05) is 23.2 Å². The number of rotatable bonds is 6. The van der Waals surface area contributed by atoms with Crippen LogP contribution in [0.4, 0.5) is 10.5 Å². The highest BCUT2D eigenvalue weighted by Gasteiger charge is 2.34. The Balaban J connectivity index is 1.54. The van der Waals surface area contributed by atoms with Gasteiger partial charge >= 0.3 is 6.03 Å². The first-order chi connectivity index (χ1) is 15.7. The molecule has 8 heteroatoms. The fourth-order valence-electron chi connectivity index (χ4n) is 5.60. The molecule has 33 heavy (non-hydrogen) atoms. The van der Waals surface area contributed by atoms with E-state index < -0.39 is 15.9 Å². The molecule has 2 aliphatic carbocycles. The van der Waals surface area contributed by atoms with E-state index in [0.29, 0.717) is 5.92 Å². The van der Waals surface area contributed by atoms with E-state index in [9.17, 15) is 14.3 Å². The van der Waals surface area contributed by atoms with Gasteiger partial charge in [0.1, 0.15) is 0 Å². The van der Waals surface area contributed by atoms with Crippen molar-refractivity contribution in [3.8, 4) is 6.19 Å². The van der Waals surface area contributed by atoms with Gasteiger partial charge in [-0.05, 0) is 93.0 Å². The quantitative estimate of drug-likeness (QED) is 0.592. The summed E-state index contributed by atoms with van der Waals surface area (Å²) in [5.41, 5.74) is 5.64. The maximum atomic E-state index is 13.4. The first-order valence-corrected chi connectivity index (χ1v) is 13.7. The zero-order valence-corrected chi connectivity index (χ0v) is 20.8. The number of carbonyl (C=O) groups is 1. The largest absolute Gasteiger partial charge is 0.331 e. The molecule has 1 saturated heterocycles. The van der Waals surface area contributed by atoms with Crippen LogP contribution in [0.5, 0.6) is 0 Å². The molecule has 178 valence electrons. The van der Waals surface area contributed by atoms with Crippen LogP contribution in [0.15, 0.2) is 21.9 Å². The maximum absolute atomic E-state index is 13.4. The van der Waals surface area contributed by atoms with Crippen LogP contribution in [-0.4, -0.2) is 33.8 Å². The molecule has 2 N–H and O–H groups in total. The predicted octanol–water partition coefficient (Wildman–Crippen LogP) is 4.67. The zero-order valence-electron chi connectivity index (χ0n) is 19.9. The Morgan fingerprint density at radius 3 is 2.52 bits per heavy atom. The second-order valence-corrected chi connectivity index (χ2v) is 11.9. The van der Waals surface area contributed by atoms with Crippen LogP contribution in [0.3, 0.4) is 0 Å². The van der Waals surface area contributed by atoms with Gasteiger partial charge in [0.05, 0.1) is 0 Å². The van der Waals surface area contributed by atoms with Crippen molar-refractivity contribution in [2.75, 3.05) is 18.4 Å². The van der Waals surface area contributed by atoms with Crippen molar-refractivity contribution >= 4 is 21.6 Å². The average molecular weight is 470 g/mol. The van der Waals surface area contributed by atoms with E-state index >= 15 is 0 Å². The van der Waals surface area contributed by atoms with Gasteiger partial charge in [0.15, 0.2) is 9.92 Å². The number of fused-ring (bicyclic) bond motifs is 2. The summed E-state index contributed by atoms with van der Waals surface area (Å²) in [5.74, 6) is 0.516. The molecule has 2 amide bonds. The maximum Gasteiger partial charge on any atom is 0.331 e. The number of nitrogens with one attached hydrogen (secondary N) is 2. The Hall–Kier alpha value is -2.37. The highest BCUT2D eigenvalue weighted by atomic mass is 32.2. The summed E-state index contributed by atoms with van der Waals surface area (Å²) < 4.78 is 19.5. The van der Waals surface area contributed by atoms with Crippen LogP contribution < -0.4 is 10.0 Å². The van der Waals surface area contributed by atoms with Crippen LogP contribution in [0.25, 0.3) is 0 Å². The van der Waals surface area contributed by atoms with Crippen LogP contribution in [0.1, 0.15) is 68.7 Å². The normalized spacial score (nSPS) is 23.8. The minimum Gasteiger partial charge on any atom is -0.307 e. The average Bonchev–Trinajstić information content (AvgIpc) is 3.47. The SMILES string of the molecule is CC(C)CN1CCC[C@@]1(C)/C=C/S(=O)(=NC#N)NC(=O)Nc1c2c(cc3c1CCC3)CCC2. The second-order valence-electron chi connectivity index (χ2n) is 10.2. The number of anilines is 1. The number of benzene rings is 1. The molecule has 0 aromatic heterocycles. The zero-order chi connectivity index (χ0) is 23.6. The van der Waals surface area contributed by atoms with E-state index in [4.69, 9.17) is 0 Å². The highest BCUT2D eigenvalue weighted by Crippen LogP contribution is 2.38. The van der Waals surface area contributed by atoms with Gasteiger partial charge in [-0.2, -0.15) is 5.26 Å². The van der Waals surface area contributed by atoms with Gasteiger partial charge in [0.2, 0.25) is 6.19 Å². The number of aryl methyl sites for hydroxylation is 2. The summed E-state index contributed by atoms with van der Waals surface area (Å²) in [6.45, 7) is 8.39. The van der Waals surface area contributed by atoms with E-state index in [-0.39, 0.29) is 5.54 Å². The molecular formula is C25H35N5O2S. The summed E-state index contributed by atoms with van der Waals surface area (Å²) in [6.07, 6.45) is 11.6. The molecule has 0 bridgehead atoms. The van der Waals surface area contributed by atoms with E-state index in [1.165, 1.54) is 27.7 Å². The Labute approximate surface area is 197 Å². The summed E-state index contributed by atoms with van der Waals surface area (Å²) in [5, 5.41) is 13.6. The lowest BCUT2D eigenvalue weighted by atomic mass is 9.98. The molecule has 1 aromatic carbocycles. The number of nitrogens with zero attached hydrogens (tertiary/aromatic N) is 3. The van der Waals surface area contributed by atoms with Crippen molar-refractivity contribution in [3.05, 3.63) is 39.8 Å². The standard InChI is InChI=1S/C25H35N5O2S/c1-18(2)16-30-13-6-11-25(30,3)12-14-33(32,27-17-26)29-24(31)28-23-21-9-4-7-19(21)15-20-8-5-10-22(20)23/h12,14-15,18H,4-11,13,16H2,1-3H3,(H2,27,28,29,31,32)/b14-12+/t25-,33?/m0/s1. The monoisotopic (exact) mass is 469 g/mol. The Morgan fingerprint density at radius 2 is 1.91 bits per heavy atom. The lowest BCUT2D eigenvalue weighted by Crippen LogP contribution is -2.42. The first kappa shape index (κ1) is 23.8. The van der Waals surface area contributed by atoms with E-state index in [0.717, 1.165) is 70.1 Å². The predicted molar refractivity (Wildman–Crippen MR) is 132 cm³/mol. The summed E-state index contributed by atoms with van der Waals surface area (Å²) in [4.78, 5) is 15.3. The number of likely N-dealkylation sites (tertiary alicyclic amines) is 1. The number of hydrogen-bond acceptors (Lipinski definition) is 5. The molecule has 1 unspecified atom stereocenters. The highest BCUT2D eigenvalue weighted by molar-refractivity contribution is 7.95. The van der Waals surface area contributed by atoms with Crippen LogP contribution >= 0.6 is 0 Å². The number of carbonyl (C=O) groups excluding carboxylic acids is 1. The van der Waals surface area contributed by atoms with Gasteiger partial charge in [-0.1, -0.05) is 30.4 Å². The minimum atomic E-state index is -3.37. The molecule has 1 aromatic rings. The lowest BCUT2D eigenvalue weighted by Gasteiger charge is -2.34. The molecule has 1 heterocycles. The Bertz CT molecular complexity index is 1090. The van der Waals surface area contributed by atoms with Crippen LogP contribution in [0.2, 0.25) is 0 Å². The fourth-order valence-corrected chi connectivity index (χ4v) is 6.69. The smallest absolute Gasteiger partial charge is 0.307 e. The molecule has 0 saturated carbocycles. The van der Waals surface area contributed by atoms with Gasteiger partial charge < -0.3 is 5.32 Å². The van der Waals surface area contributed by atoms with Gasteiger partial charge in [-0.25, -0.2) is 13.7 Å². The lowest BCUT2D eigenvalue weighted by molar-refractivity contribution is 0.181. The molecular weight excluding hydrogens is 434 g/mol. The molecule has 0 radical (unpaired) electrons. The van der Waals surface area contributed by atoms with Crippen LogP contribution in [0, 0.1) is 17.4 Å². The van der Waals surface area contributed by atoms with Crippen molar-refractivity contribution in [2.45, 2.75) is 77.7 Å². The number of nitriles is 1. The van der Waals surface area contributed by atoms with Crippen molar-refractivity contribution in [2.24, 2.45) is 10.3 Å². The Morgan fingerprint density at radius 1 is 1.24 bits per heavy atom. The first-order valence-electron chi connectivity index (χ1n) is 12.1. The van der Waals surface area contributed by atoms with Crippen molar-refractivity contribution in [1.29, 1.82) is 5.26 Å². The summed E-state index contributed by atoms with van der Waals surface area (Å²) in [6, 6.07) is 1.73.